The molecule has 90 valence electrons. The molecule has 0 saturated heterocycles. The molecule has 0 aliphatic heterocycles. The molecule has 3 nitrogen and oxygen atoms in total. The first kappa shape index (κ1) is 11.8. The van der Waals surface area contributed by atoms with Crippen LogP contribution in [0, 0.1) is 5.82 Å². The molecule has 4 heteroatoms. The minimum atomic E-state index is -0.254. The van der Waals surface area contributed by atoms with Crippen LogP contribution in [0.15, 0.2) is 34.9 Å². The first-order valence-electron chi connectivity index (χ1n) is 5.49. The van der Waals surface area contributed by atoms with Gasteiger partial charge in [0.05, 0.1) is 12.8 Å². The Hall–Kier alpha value is -1.68. The van der Waals surface area contributed by atoms with E-state index in [1.54, 1.807) is 18.3 Å². The van der Waals surface area contributed by atoms with E-state index >= 15 is 0 Å². The van der Waals surface area contributed by atoms with Crippen LogP contribution < -0.4 is 0 Å². The predicted molar refractivity (Wildman–Crippen MR) is 61.2 cm³/mol. The molecule has 2 aromatic rings. The van der Waals surface area contributed by atoms with Crippen molar-refractivity contribution >= 4 is 0 Å². The van der Waals surface area contributed by atoms with E-state index in [-0.39, 0.29) is 18.3 Å². The number of aromatic nitrogens is 1. The maximum atomic E-state index is 12.7. The molecule has 0 radical (unpaired) electrons. The summed E-state index contributed by atoms with van der Waals surface area (Å²) in [6.45, 7) is 1.90. The summed E-state index contributed by atoms with van der Waals surface area (Å²) in [4.78, 5) is 4.13. The molecular weight excluding hydrogens is 221 g/mol. The molecule has 1 heterocycles. The van der Waals surface area contributed by atoms with Gasteiger partial charge in [-0.2, -0.15) is 0 Å². The third kappa shape index (κ3) is 2.91. The molecule has 0 fully saturated rings. The van der Waals surface area contributed by atoms with Gasteiger partial charge >= 0.3 is 0 Å². The number of halogens is 1. The maximum absolute atomic E-state index is 12.7. The van der Waals surface area contributed by atoms with Gasteiger partial charge in [0.25, 0.3) is 0 Å². The summed E-state index contributed by atoms with van der Waals surface area (Å²) >= 11 is 0. The van der Waals surface area contributed by atoms with Gasteiger partial charge in [-0.3, -0.25) is 0 Å². The molecule has 0 bridgehead atoms. The van der Waals surface area contributed by atoms with Crippen LogP contribution in [0.25, 0.3) is 0 Å². The van der Waals surface area contributed by atoms with Gasteiger partial charge in [-0.1, -0.05) is 19.1 Å². The Morgan fingerprint density at radius 1 is 1.35 bits per heavy atom. The van der Waals surface area contributed by atoms with Crippen LogP contribution in [0.4, 0.5) is 4.39 Å². The fraction of sp³-hybridized carbons (Fsp3) is 0.308. The maximum Gasteiger partial charge on any atom is 0.198 e. The summed E-state index contributed by atoms with van der Waals surface area (Å²) in [5.74, 6) is 0.941. The zero-order chi connectivity index (χ0) is 12.3. The number of aliphatic hydroxyl groups excluding tert-OH is 1. The minimum absolute atomic E-state index is 0.0329. The van der Waals surface area contributed by atoms with Crippen molar-refractivity contribution in [1.82, 2.24) is 4.98 Å². The lowest BCUT2D eigenvalue weighted by molar-refractivity contribution is 0.255. The number of rotatable bonds is 4. The Balaban J connectivity index is 2.08. The van der Waals surface area contributed by atoms with Crippen molar-refractivity contribution in [3.8, 4) is 0 Å². The van der Waals surface area contributed by atoms with Crippen LogP contribution in [-0.2, 0) is 6.42 Å². The zero-order valence-corrected chi connectivity index (χ0v) is 9.56. The zero-order valence-electron chi connectivity index (χ0n) is 9.56. The van der Waals surface area contributed by atoms with Gasteiger partial charge in [0.1, 0.15) is 11.6 Å². The van der Waals surface area contributed by atoms with E-state index in [0.29, 0.717) is 18.1 Å². The van der Waals surface area contributed by atoms with E-state index in [2.05, 4.69) is 4.98 Å². The summed E-state index contributed by atoms with van der Waals surface area (Å²) < 4.78 is 18.2. The molecule has 0 aliphatic carbocycles. The first-order valence-corrected chi connectivity index (χ1v) is 5.49. The molecular formula is C13H14FNO2. The Morgan fingerprint density at radius 3 is 2.71 bits per heavy atom. The van der Waals surface area contributed by atoms with Crippen LogP contribution >= 0.6 is 0 Å². The lowest BCUT2D eigenvalue weighted by Gasteiger charge is -2.01. The topological polar surface area (TPSA) is 46.3 Å². The second-order valence-electron chi connectivity index (χ2n) is 4.04. The molecule has 0 amide bonds. The molecule has 1 aromatic heterocycles. The van der Waals surface area contributed by atoms with Gasteiger partial charge in [-0.15, -0.1) is 0 Å². The molecule has 1 aromatic carbocycles. The second-order valence-corrected chi connectivity index (χ2v) is 4.04. The normalized spacial score (nSPS) is 12.6. The summed E-state index contributed by atoms with van der Waals surface area (Å²) in [6.07, 6.45) is 2.15. The van der Waals surface area contributed by atoms with Crippen LogP contribution in [0.3, 0.4) is 0 Å². The monoisotopic (exact) mass is 235 g/mol. The van der Waals surface area contributed by atoms with Crippen molar-refractivity contribution in [3.05, 3.63) is 53.5 Å². The fourth-order valence-electron chi connectivity index (χ4n) is 1.50. The van der Waals surface area contributed by atoms with E-state index < -0.39 is 0 Å². The van der Waals surface area contributed by atoms with Gasteiger partial charge in [-0.25, -0.2) is 9.37 Å². The molecule has 1 N–H and O–H groups in total. The van der Waals surface area contributed by atoms with Crippen molar-refractivity contribution in [3.63, 3.8) is 0 Å². The number of benzene rings is 1. The fourth-order valence-corrected chi connectivity index (χ4v) is 1.50. The molecule has 0 saturated carbocycles. The largest absolute Gasteiger partial charge is 0.445 e. The highest BCUT2D eigenvalue weighted by atomic mass is 19.1. The summed E-state index contributed by atoms with van der Waals surface area (Å²) in [5, 5.41) is 8.99. The van der Waals surface area contributed by atoms with Crippen molar-refractivity contribution in [2.24, 2.45) is 0 Å². The highest BCUT2D eigenvalue weighted by Gasteiger charge is 2.11. The Labute approximate surface area is 98.9 Å². The number of oxazole rings is 1. The van der Waals surface area contributed by atoms with E-state index in [1.165, 1.54) is 12.1 Å². The molecule has 2 rings (SSSR count). The first-order chi connectivity index (χ1) is 8.19. The SMILES string of the molecule is CC(CO)c1cnc(Cc2ccc(F)cc2)o1. The predicted octanol–water partition coefficient (Wildman–Crippen LogP) is 2.50. The van der Waals surface area contributed by atoms with E-state index in [9.17, 15) is 4.39 Å². The number of nitrogens with zero attached hydrogens (tertiary/aromatic N) is 1. The van der Waals surface area contributed by atoms with E-state index in [0.717, 1.165) is 5.56 Å². The average Bonchev–Trinajstić information content (AvgIpc) is 2.80. The van der Waals surface area contributed by atoms with E-state index in [4.69, 9.17) is 9.52 Å². The van der Waals surface area contributed by atoms with Gasteiger partial charge in [0, 0.05) is 12.3 Å². The standard InChI is InChI=1S/C13H14FNO2/c1-9(8-16)12-7-15-13(17-12)6-10-2-4-11(14)5-3-10/h2-5,7,9,16H,6,8H2,1H3. The van der Waals surface area contributed by atoms with Crippen LogP contribution in [0.2, 0.25) is 0 Å². The van der Waals surface area contributed by atoms with Crippen molar-refractivity contribution in [2.45, 2.75) is 19.3 Å². The highest BCUT2D eigenvalue weighted by molar-refractivity contribution is 5.19. The minimum Gasteiger partial charge on any atom is -0.445 e. The molecule has 0 aliphatic rings. The lowest BCUT2D eigenvalue weighted by atomic mass is 10.1. The second kappa shape index (κ2) is 5.10. The summed E-state index contributed by atoms with van der Waals surface area (Å²) in [6, 6.07) is 6.23. The van der Waals surface area contributed by atoms with Crippen molar-refractivity contribution in [1.29, 1.82) is 0 Å². The number of hydrogen-bond acceptors (Lipinski definition) is 3. The molecule has 1 unspecified atom stereocenters. The summed E-state index contributed by atoms with van der Waals surface area (Å²) in [5.41, 5.74) is 0.941. The van der Waals surface area contributed by atoms with E-state index in [1.807, 2.05) is 6.92 Å². The average molecular weight is 235 g/mol. The Morgan fingerprint density at radius 2 is 2.06 bits per heavy atom. The van der Waals surface area contributed by atoms with Gasteiger partial charge in [0.2, 0.25) is 0 Å². The lowest BCUT2D eigenvalue weighted by Crippen LogP contribution is -1.96. The third-order valence-corrected chi connectivity index (χ3v) is 2.60. The molecule has 0 spiro atoms. The Kier molecular flexibility index (Phi) is 3.54. The third-order valence-electron chi connectivity index (χ3n) is 2.60. The smallest absolute Gasteiger partial charge is 0.198 e. The van der Waals surface area contributed by atoms with Crippen LogP contribution in [-0.4, -0.2) is 16.7 Å². The van der Waals surface area contributed by atoms with Gasteiger partial charge < -0.3 is 9.52 Å². The van der Waals surface area contributed by atoms with Crippen molar-refractivity contribution in [2.75, 3.05) is 6.61 Å². The van der Waals surface area contributed by atoms with Crippen LogP contribution in [0.5, 0.6) is 0 Å². The quantitative estimate of drug-likeness (QED) is 0.885. The molecule has 1 atom stereocenters. The van der Waals surface area contributed by atoms with Gasteiger partial charge in [-0.05, 0) is 17.7 Å². The Bertz CT molecular complexity index is 478. The van der Waals surface area contributed by atoms with Gasteiger partial charge in [0.15, 0.2) is 5.89 Å². The number of aliphatic hydroxyl groups is 1. The van der Waals surface area contributed by atoms with Crippen LogP contribution in [0.1, 0.15) is 30.1 Å². The highest BCUT2D eigenvalue weighted by Crippen LogP contribution is 2.17. The summed E-state index contributed by atoms with van der Waals surface area (Å²) in [7, 11) is 0. The number of hydrogen-bond donors (Lipinski definition) is 1. The molecule has 17 heavy (non-hydrogen) atoms. The van der Waals surface area contributed by atoms with Crippen molar-refractivity contribution < 1.29 is 13.9 Å².